The quantitative estimate of drug-likeness (QED) is 0.706. The van der Waals surface area contributed by atoms with Crippen molar-refractivity contribution >= 4 is 5.82 Å². The molecule has 0 spiro atoms. The van der Waals surface area contributed by atoms with Crippen LogP contribution in [0.25, 0.3) is 5.82 Å². The van der Waals surface area contributed by atoms with Crippen LogP contribution in [0, 0.1) is 13.8 Å². The highest BCUT2D eigenvalue weighted by atomic mass is 15.3. The van der Waals surface area contributed by atoms with Crippen LogP contribution in [0.15, 0.2) is 30.7 Å². The largest absolute Gasteiger partial charge is 0.354 e. The van der Waals surface area contributed by atoms with Gasteiger partial charge in [0.05, 0.1) is 11.4 Å². The van der Waals surface area contributed by atoms with Gasteiger partial charge in [-0.2, -0.15) is 10.2 Å². The second-order valence-corrected chi connectivity index (χ2v) is 6.78. The number of piperazine rings is 1. The van der Waals surface area contributed by atoms with Gasteiger partial charge in [0.1, 0.15) is 12.1 Å². The number of anilines is 1. The standard InChI is InChI=1S/C18H24N8/c1-14-10-15(2)26(22-14)18-11-17(19-13-20-18)25-8-6-24(7-9-25)12-16-4-5-21-23(16)3/h4-5,10-11,13H,6-9,12H2,1-3H3. The first-order valence-corrected chi connectivity index (χ1v) is 8.90. The molecule has 3 aromatic rings. The molecule has 1 aliphatic rings. The Labute approximate surface area is 153 Å². The summed E-state index contributed by atoms with van der Waals surface area (Å²) in [5.41, 5.74) is 3.31. The predicted molar refractivity (Wildman–Crippen MR) is 99.3 cm³/mol. The summed E-state index contributed by atoms with van der Waals surface area (Å²) in [7, 11) is 1.99. The lowest BCUT2D eigenvalue weighted by Crippen LogP contribution is -2.46. The fourth-order valence-electron chi connectivity index (χ4n) is 3.41. The summed E-state index contributed by atoms with van der Waals surface area (Å²) in [6.45, 7) is 8.88. The summed E-state index contributed by atoms with van der Waals surface area (Å²) in [5, 5.41) is 8.77. The van der Waals surface area contributed by atoms with Gasteiger partial charge in [-0.25, -0.2) is 14.6 Å². The Kier molecular flexibility index (Phi) is 4.42. The Balaban J connectivity index is 1.44. The molecular formula is C18H24N8. The van der Waals surface area contributed by atoms with E-state index in [2.05, 4.69) is 42.1 Å². The summed E-state index contributed by atoms with van der Waals surface area (Å²) in [6, 6.07) is 6.16. The van der Waals surface area contributed by atoms with Crippen LogP contribution in [0.3, 0.4) is 0 Å². The van der Waals surface area contributed by atoms with Gasteiger partial charge >= 0.3 is 0 Å². The molecule has 0 aromatic carbocycles. The maximum atomic E-state index is 4.52. The van der Waals surface area contributed by atoms with E-state index in [4.69, 9.17) is 0 Å². The van der Waals surface area contributed by atoms with Crippen molar-refractivity contribution in [2.24, 2.45) is 7.05 Å². The van der Waals surface area contributed by atoms with Crippen LogP contribution in [-0.2, 0) is 13.6 Å². The Hall–Kier alpha value is -2.74. The van der Waals surface area contributed by atoms with Crippen molar-refractivity contribution in [3.8, 4) is 5.82 Å². The van der Waals surface area contributed by atoms with Crippen LogP contribution in [0.5, 0.6) is 0 Å². The maximum absolute atomic E-state index is 4.52. The predicted octanol–water partition coefficient (Wildman–Crippen LogP) is 1.33. The number of nitrogens with zero attached hydrogens (tertiary/aromatic N) is 8. The zero-order valence-corrected chi connectivity index (χ0v) is 15.5. The van der Waals surface area contributed by atoms with E-state index in [1.54, 1.807) is 6.33 Å². The maximum Gasteiger partial charge on any atom is 0.159 e. The summed E-state index contributed by atoms with van der Waals surface area (Å²) in [5.74, 6) is 1.78. The zero-order valence-electron chi connectivity index (χ0n) is 15.5. The van der Waals surface area contributed by atoms with Crippen molar-refractivity contribution in [1.82, 2.24) is 34.4 Å². The number of aryl methyl sites for hydroxylation is 3. The average molecular weight is 352 g/mol. The minimum absolute atomic E-state index is 0.818. The van der Waals surface area contributed by atoms with Gasteiger partial charge < -0.3 is 4.90 Å². The summed E-state index contributed by atoms with van der Waals surface area (Å²) < 4.78 is 3.82. The van der Waals surface area contributed by atoms with E-state index in [-0.39, 0.29) is 0 Å². The van der Waals surface area contributed by atoms with Crippen molar-refractivity contribution < 1.29 is 0 Å². The summed E-state index contributed by atoms with van der Waals surface area (Å²) in [6.07, 6.45) is 3.48. The van der Waals surface area contributed by atoms with Crippen LogP contribution < -0.4 is 4.90 Å². The molecule has 1 aliphatic heterocycles. The minimum atomic E-state index is 0.818. The third kappa shape index (κ3) is 3.32. The SMILES string of the molecule is Cc1cc(C)n(-c2cc(N3CCN(Cc4ccnn4C)CC3)ncn2)n1. The molecular weight excluding hydrogens is 328 g/mol. The van der Waals surface area contributed by atoms with E-state index in [0.29, 0.717) is 0 Å². The third-order valence-corrected chi connectivity index (χ3v) is 4.87. The molecule has 0 atom stereocenters. The molecule has 8 nitrogen and oxygen atoms in total. The molecule has 0 unspecified atom stereocenters. The van der Waals surface area contributed by atoms with Crippen molar-refractivity contribution in [1.29, 1.82) is 0 Å². The molecule has 26 heavy (non-hydrogen) atoms. The highest BCUT2D eigenvalue weighted by Gasteiger charge is 2.19. The molecule has 3 aromatic heterocycles. The molecule has 0 bridgehead atoms. The van der Waals surface area contributed by atoms with Gasteiger partial charge in [0.2, 0.25) is 0 Å². The second-order valence-electron chi connectivity index (χ2n) is 6.78. The fraction of sp³-hybridized carbons (Fsp3) is 0.444. The Morgan fingerprint density at radius 1 is 1.00 bits per heavy atom. The lowest BCUT2D eigenvalue weighted by atomic mass is 10.3. The van der Waals surface area contributed by atoms with E-state index < -0.39 is 0 Å². The lowest BCUT2D eigenvalue weighted by Gasteiger charge is -2.35. The van der Waals surface area contributed by atoms with Gasteiger partial charge in [-0.1, -0.05) is 0 Å². The molecule has 0 radical (unpaired) electrons. The fourth-order valence-corrected chi connectivity index (χ4v) is 3.41. The molecule has 8 heteroatoms. The minimum Gasteiger partial charge on any atom is -0.354 e. The highest BCUT2D eigenvalue weighted by Crippen LogP contribution is 2.18. The van der Waals surface area contributed by atoms with Gasteiger partial charge in [0, 0.05) is 57.7 Å². The van der Waals surface area contributed by atoms with Crippen LogP contribution >= 0.6 is 0 Å². The van der Waals surface area contributed by atoms with Gasteiger partial charge in [-0.15, -0.1) is 0 Å². The molecule has 136 valence electrons. The Morgan fingerprint density at radius 2 is 1.77 bits per heavy atom. The number of hydrogen-bond acceptors (Lipinski definition) is 6. The van der Waals surface area contributed by atoms with Crippen molar-refractivity contribution in [3.05, 3.63) is 47.8 Å². The molecule has 4 heterocycles. The van der Waals surface area contributed by atoms with Crippen LogP contribution in [0.1, 0.15) is 17.1 Å². The Morgan fingerprint density at radius 3 is 2.42 bits per heavy atom. The zero-order chi connectivity index (χ0) is 18.1. The summed E-state index contributed by atoms with van der Waals surface area (Å²) in [4.78, 5) is 13.6. The summed E-state index contributed by atoms with van der Waals surface area (Å²) >= 11 is 0. The molecule has 0 aliphatic carbocycles. The Bertz CT molecular complexity index is 888. The topological polar surface area (TPSA) is 67.9 Å². The van der Waals surface area contributed by atoms with Crippen molar-refractivity contribution in [2.75, 3.05) is 31.1 Å². The van der Waals surface area contributed by atoms with Crippen LogP contribution in [0.2, 0.25) is 0 Å². The first kappa shape index (κ1) is 16.7. The highest BCUT2D eigenvalue weighted by molar-refractivity contribution is 5.44. The molecule has 0 amide bonds. The van der Waals surface area contributed by atoms with Crippen LogP contribution in [-0.4, -0.2) is 60.6 Å². The van der Waals surface area contributed by atoms with Gasteiger partial charge in [0.15, 0.2) is 5.82 Å². The second kappa shape index (κ2) is 6.87. The average Bonchev–Trinajstić information content (AvgIpc) is 3.20. The van der Waals surface area contributed by atoms with Crippen molar-refractivity contribution in [3.63, 3.8) is 0 Å². The van der Waals surface area contributed by atoms with E-state index in [0.717, 1.165) is 55.7 Å². The molecule has 4 rings (SSSR count). The molecule has 0 saturated carbocycles. The third-order valence-electron chi connectivity index (χ3n) is 4.87. The normalized spacial score (nSPS) is 15.6. The van der Waals surface area contributed by atoms with Gasteiger partial charge in [-0.05, 0) is 26.0 Å². The lowest BCUT2D eigenvalue weighted by molar-refractivity contribution is 0.243. The number of rotatable bonds is 4. The first-order valence-electron chi connectivity index (χ1n) is 8.90. The van der Waals surface area contributed by atoms with E-state index >= 15 is 0 Å². The first-order chi connectivity index (χ1) is 12.6. The van der Waals surface area contributed by atoms with E-state index in [9.17, 15) is 0 Å². The van der Waals surface area contributed by atoms with Crippen molar-refractivity contribution in [2.45, 2.75) is 20.4 Å². The molecule has 1 fully saturated rings. The monoisotopic (exact) mass is 352 g/mol. The number of hydrogen-bond donors (Lipinski definition) is 0. The van der Waals surface area contributed by atoms with E-state index in [1.807, 2.05) is 42.5 Å². The smallest absolute Gasteiger partial charge is 0.159 e. The van der Waals surface area contributed by atoms with Gasteiger partial charge in [-0.3, -0.25) is 9.58 Å². The van der Waals surface area contributed by atoms with Gasteiger partial charge in [0.25, 0.3) is 0 Å². The molecule has 0 N–H and O–H groups in total. The number of aromatic nitrogens is 6. The van der Waals surface area contributed by atoms with Crippen LogP contribution in [0.4, 0.5) is 5.82 Å². The van der Waals surface area contributed by atoms with E-state index in [1.165, 1.54) is 5.69 Å². The molecule has 1 saturated heterocycles.